The van der Waals surface area contributed by atoms with E-state index in [0.717, 1.165) is 19.3 Å². The third-order valence-electron chi connectivity index (χ3n) is 6.89. The minimum absolute atomic E-state index is 0.00811. The summed E-state index contributed by atoms with van der Waals surface area (Å²) in [7, 11) is -2.23. The second-order valence-corrected chi connectivity index (χ2v) is 10.9. The molecular formula is C24H37N3O5S. The van der Waals surface area contributed by atoms with Gasteiger partial charge in [0.2, 0.25) is 15.9 Å². The van der Waals surface area contributed by atoms with Crippen molar-refractivity contribution >= 4 is 21.9 Å². The van der Waals surface area contributed by atoms with E-state index in [2.05, 4.69) is 11.4 Å². The number of carbonyl (C=O) groups is 2. The SMILES string of the molecule is CCOC(=O)c1c(S(=O)(=O)N2CCC[C@H](C(=O)NCCC3=CCCCC3)C2)c(C)n(C)c1C. The zero-order valence-corrected chi connectivity index (χ0v) is 21.1. The number of hydrogen-bond acceptors (Lipinski definition) is 5. The van der Waals surface area contributed by atoms with Crippen LogP contribution in [0.2, 0.25) is 0 Å². The van der Waals surface area contributed by atoms with Gasteiger partial charge in [0.25, 0.3) is 0 Å². The number of amides is 1. The first-order valence-corrected chi connectivity index (χ1v) is 13.4. The molecule has 1 aromatic heterocycles. The largest absolute Gasteiger partial charge is 0.462 e. The molecule has 1 aliphatic heterocycles. The van der Waals surface area contributed by atoms with E-state index >= 15 is 0 Å². The third kappa shape index (κ3) is 5.51. The van der Waals surface area contributed by atoms with Crippen molar-refractivity contribution in [2.24, 2.45) is 13.0 Å². The van der Waals surface area contributed by atoms with Gasteiger partial charge < -0.3 is 14.6 Å². The lowest BCUT2D eigenvalue weighted by atomic mass is 9.96. The predicted octanol–water partition coefficient (Wildman–Crippen LogP) is 3.23. The smallest absolute Gasteiger partial charge is 0.341 e. The summed E-state index contributed by atoms with van der Waals surface area (Å²) < 4.78 is 35.5. The van der Waals surface area contributed by atoms with E-state index < -0.39 is 21.9 Å². The quantitative estimate of drug-likeness (QED) is 0.456. The van der Waals surface area contributed by atoms with Crippen molar-refractivity contribution in [1.29, 1.82) is 0 Å². The van der Waals surface area contributed by atoms with Gasteiger partial charge in [-0.1, -0.05) is 11.6 Å². The maximum atomic E-state index is 13.7. The summed E-state index contributed by atoms with van der Waals surface area (Å²) in [6, 6.07) is 0. The molecule has 184 valence electrons. The summed E-state index contributed by atoms with van der Waals surface area (Å²) in [5.74, 6) is -1.14. The van der Waals surface area contributed by atoms with Crippen molar-refractivity contribution < 1.29 is 22.7 Å². The predicted molar refractivity (Wildman–Crippen MR) is 127 cm³/mol. The van der Waals surface area contributed by atoms with Crippen molar-refractivity contribution in [3.05, 3.63) is 28.6 Å². The molecule has 0 aromatic carbocycles. The molecule has 1 fully saturated rings. The molecule has 2 aliphatic rings. The summed E-state index contributed by atoms with van der Waals surface area (Å²) in [5, 5.41) is 3.00. The average molecular weight is 480 g/mol. The summed E-state index contributed by atoms with van der Waals surface area (Å²) in [6.45, 7) is 6.28. The van der Waals surface area contributed by atoms with E-state index in [1.165, 1.54) is 22.7 Å². The zero-order chi connectivity index (χ0) is 24.2. The van der Waals surface area contributed by atoms with Gasteiger partial charge in [0, 0.05) is 38.1 Å². The molecule has 8 nitrogen and oxygen atoms in total. The number of nitrogens with one attached hydrogen (secondary N) is 1. The van der Waals surface area contributed by atoms with E-state index in [0.29, 0.717) is 37.3 Å². The van der Waals surface area contributed by atoms with Crippen LogP contribution in [-0.4, -0.2) is 55.4 Å². The highest BCUT2D eigenvalue weighted by Gasteiger charge is 2.38. The number of carbonyl (C=O) groups excluding carboxylic acids is 2. The molecule has 1 aromatic rings. The normalized spacial score (nSPS) is 19.8. The number of piperidine rings is 1. The van der Waals surface area contributed by atoms with Crippen LogP contribution in [0.15, 0.2) is 16.5 Å². The Labute approximate surface area is 197 Å². The lowest BCUT2D eigenvalue weighted by Gasteiger charge is -2.31. The summed E-state index contributed by atoms with van der Waals surface area (Å²) in [4.78, 5) is 25.4. The van der Waals surface area contributed by atoms with E-state index in [9.17, 15) is 18.0 Å². The summed E-state index contributed by atoms with van der Waals surface area (Å²) in [5.41, 5.74) is 2.52. The van der Waals surface area contributed by atoms with Gasteiger partial charge in [0.1, 0.15) is 10.5 Å². The fraction of sp³-hybridized carbons (Fsp3) is 0.667. The van der Waals surface area contributed by atoms with Crippen molar-refractivity contribution in [3.8, 4) is 0 Å². The molecule has 9 heteroatoms. The first-order valence-electron chi connectivity index (χ1n) is 12.0. The van der Waals surface area contributed by atoms with Crippen LogP contribution in [0.5, 0.6) is 0 Å². The minimum atomic E-state index is -3.97. The van der Waals surface area contributed by atoms with Crippen molar-refractivity contribution in [3.63, 3.8) is 0 Å². The molecule has 3 rings (SSSR count). The minimum Gasteiger partial charge on any atom is -0.462 e. The van der Waals surface area contributed by atoms with Crippen LogP contribution in [0.25, 0.3) is 0 Å². The van der Waals surface area contributed by atoms with Crippen LogP contribution in [0, 0.1) is 19.8 Å². The van der Waals surface area contributed by atoms with Gasteiger partial charge in [-0.2, -0.15) is 4.31 Å². The van der Waals surface area contributed by atoms with Crippen LogP contribution in [0.1, 0.15) is 73.6 Å². The molecule has 0 saturated carbocycles. The first kappa shape index (κ1) is 25.5. The summed E-state index contributed by atoms with van der Waals surface area (Å²) in [6.07, 6.45) is 9.04. The van der Waals surface area contributed by atoms with Gasteiger partial charge in [0.05, 0.1) is 12.5 Å². The van der Waals surface area contributed by atoms with Crippen LogP contribution in [0.3, 0.4) is 0 Å². The van der Waals surface area contributed by atoms with Gasteiger partial charge in [-0.15, -0.1) is 0 Å². The van der Waals surface area contributed by atoms with Gasteiger partial charge in [-0.05, 0) is 65.7 Å². The number of ether oxygens (including phenoxy) is 1. The number of sulfonamides is 1. The van der Waals surface area contributed by atoms with Gasteiger partial charge in [-0.3, -0.25) is 4.79 Å². The molecule has 1 saturated heterocycles. The number of aromatic nitrogens is 1. The maximum absolute atomic E-state index is 13.7. The Morgan fingerprint density at radius 2 is 1.94 bits per heavy atom. The van der Waals surface area contributed by atoms with E-state index in [1.807, 2.05) is 0 Å². The molecular weight excluding hydrogens is 442 g/mol. The molecule has 0 bridgehead atoms. The van der Waals surface area contributed by atoms with Crippen LogP contribution >= 0.6 is 0 Å². The van der Waals surface area contributed by atoms with E-state index in [-0.39, 0.29) is 29.5 Å². The van der Waals surface area contributed by atoms with Gasteiger partial charge >= 0.3 is 5.97 Å². The number of allylic oxidation sites excluding steroid dienone is 1. The number of esters is 1. The molecule has 1 atom stereocenters. The van der Waals surface area contributed by atoms with Gasteiger partial charge in [-0.25, -0.2) is 13.2 Å². The molecule has 1 aliphatic carbocycles. The molecule has 0 unspecified atom stereocenters. The highest BCUT2D eigenvalue weighted by molar-refractivity contribution is 7.89. The third-order valence-corrected chi connectivity index (χ3v) is 8.91. The molecule has 2 heterocycles. The molecule has 0 radical (unpaired) electrons. The van der Waals surface area contributed by atoms with Crippen LogP contribution in [0.4, 0.5) is 0 Å². The second kappa shape index (κ2) is 10.9. The monoisotopic (exact) mass is 479 g/mol. The second-order valence-electron chi connectivity index (χ2n) is 9.01. The maximum Gasteiger partial charge on any atom is 0.341 e. The standard InChI is InChI=1S/C24H37N3O5S/c1-5-32-24(29)21-17(2)26(4)18(3)22(21)33(30,31)27-15-9-12-20(16-27)23(28)25-14-13-19-10-7-6-8-11-19/h10,20H,5-9,11-16H2,1-4H3,(H,25,28)/t20-/m0/s1. The van der Waals surface area contributed by atoms with E-state index in [4.69, 9.17) is 4.74 Å². The highest BCUT2D eigenvalue weighted by Crippen LogP contribution is 2.32. The Balaban J connectivity index is 1.74. The number of nitrogens with zero attached hydrogens (tertiary/aromatic N) is 2. The first-order chi connectivity index (χ1) is 15.7. The fourth-order valence-electron chi connectivity index (χ4n) is 4.80. The Morgan fingerprint density at radius 3 is 2.61 bits per heavy atom. The average Bonchev–Trinajstić information content (AvgIpc) is 3.04. The van der Waals surface area contributed by atoms with Crippen LogP contribution in [-0.2, 0) is 26.6 Å². The topological polar surface area (TPSA) is 97.7 Å². The van der Waals surface area contributed by atoms with Crippen molar-refractivity contribution in [2.45, 2.75) is 70.6 Å². The van der Waals surface area contributed by atoms with Crippen LogP contribution < -0.4 is 5.32 Å². The zero-order valence-electron chi connectivity index (χ0n) is 20.3. The molecule has 33 heavy (non-hydrogen) atoms. The highest BCUT2D eigenvalue weighted by atomic mass is 32.2. The lowest BCUT2D eigenvalue weighted by molar-refractivity contribution is -0.126. The lowest BCUT2D eigenvalue weighted by Crippen LogP contribution is -2.45. The fourth-order valence-corrected chi connectivity index (χ4v) is 6.81. The Kier molecular flexibility index (Phi) is 8.39. The molecule has 1 N–H and O–H groups in total. The summed E-state index contributed by atoms with van der Waals surface area (Å²) >= 11 is 0. The molecule has 0 spiro atoms. The van der Waals surface area contributed by atoms with Crippen molar-refractivity contribution in [2.75, 3.05) is 26.2 Å². The Hall–Kier alpha value is -2.13. The van der Waals surface area contributed by atoms with E-state index in [1.54, 1.807) is 32.4 Å². The Morgan fingerprint density at radius 1 is 1.18 bits per heavy atom. The van der Waals surface area contributed by atoms with Gasteiger partial charge in [0.15, 0.2) is 0 Å². The van der Waals surface area contributed by atoms with Crippen molar-refractivity contribution in [1.82, 2.24) is 14.2 Å². The number of hydrogen-bond donors (Lipinski definition) is 1. The molecule has 1 amide bonds. The Bertz CT molecular complexity index is 1030. The number of rotatable bonds is 8.